The lowest BCUT2D eigenvalue weighted by Gasteiger charge is -2.39. The molecule has 0 amide bonds. The van der Waals surface area contributed by atoms with E-state index in [0.29, 0.717) is 12.1 Å². The molecule has 0 radical (unpaired) electrons. The van der Waals surface area contributed by atoms with Crippen LogP contribution < -0.4 is 5.32 Å². The van der Waals surface area contributed by atoms with Crippen LogP contribution >= 0.6 is 12.4 Å². The minimum atomic E-state index is 0. The highest BCUT2D eigenvalue weighted by atomic mass is 35.5. The molecule has 0 saturated carbocycles. The fourth-order valence-corrected chi connectivity index (χ4v) is 2.62. The lowest BCUT2D eigenvalue weighted by molar-refractivity contribution is -0.0553. The van der Waals surface area contributed by atoms with Gasteiger partial charge < -0.3 is 10.1 Å². The molecule has 0 aliphatic carbocycles. The third-order valence-electron chi connectivity index (χ3n) is 3.69. The van der Waals surface area contributed by atoms with Crippen molar-refractivity contribution in [1.82, 2.24) is 10.2 Å². The summed E-state index contributed by atoms with van der Waals surface area (Å²) in [5.41, 5.74) is 0. The molecule has 2 aliphatic rings. The quantitative estimate of drug-likeness (QED) is 0.802. The second-order valence-corrected chi connectivity index (χ2v) is 5.14. The molecule has 4 heteroatoms. The molecule has 2 rings (SSSR count). The predicted molar refractivity (Wildman–Crippen MR) is 69.3 cm³/mol. The van der Waals surface area contributed by atoms with Crippen molar-refractivity contribution in [2.75, 3.05) is 32.8 Å². The topological polar surface area (TPSA) is 24.5 Å². The fraction of sp³-hybridized carbons (Fsp3) is 1.00. The Labute approximate surface area is 105 Å². The Hall–Kier alpha value is 0.170. The van der Waals surface area contributed by atoms with E-state index in [9.17, 15) is 0 Å². The maximum absolute atomic E-state index is 5.66. The molecule has 96 valence electrons. The van der Waals surface area contributed by atoms with Crippen LogP contribution in [0.1, 0.15) is 26.7 Å². The van der Waals surface area contributed by atoms with E-state index in [4.69, 9.17) is 4.74 Å². The van der Waals surface area contributed by atoms with Gasteiger partial charge in [-0.3, -0.25) is 4.90 Å². The SMILES string of the molecule is CC1CN(CC2CCNCC2)C(C)CO1.Cl. The summed E-state index contributed by atoms with van der Waals surface area (Å²) in [6.45, 7) is 10.2. The van der Waals surface area contributed by atoms with E-state index < -0.39 is 0 Å². The molecule has 2 saturated heterocycles. The molecule has 16 heavy (non-hydrogen) atoms. The number of ether oxygens (including phenoxy) is 1. The molecule has 2 unspecified atom stereocenters. The molecule has 0 spiro atoms. The van der Waals surface area contributed by atoms with Crippen molar-refractivity contribution in [3.8, 4) is 0 Å². The van der Waals surface area contributed by atoms with Gasteiger partial charge in [0.25, 0.3) is 0 Å². The van der Waals surface area contributed by atoms with Gasteiger partial charge in [0.05, 0.1) is 12.7 Å². The molecule has 0 aromatic heterocycles. The van der Waals surface area contributed by atoms with Gasteiger partial charge in [0.1, 0.15) is 0 Å². The zero-order chi connectivity index (χ0) is 10.7. The Balaban J connectivity index is 0.00000128. The molecule has 0 bridgehead atoms. The van der Waals surface area contributed by atoms with E-state index in [2.05, 4.69) is 24.1 Å². The molecule has 2 heterocycles. The van der Waals surface area contributed by atoms with E-state index in [1.54, 1.807) is 0 Å². The number of nitrogens with one attached hydrogen (secondary N) is 1. The summed E-state index contributed by atoms with van der Waals surface area (Å²) in [4.78, 5) is 2.62. The van der Waals surface area contributed by atoms with Crippen molar-refractivity contribution in [3.63, 3.8) is 0 Å². The van der Waals surface area contributed by atoms with Gasteiger partial charge in [-0.2, -0.15) is 0 Å². The van der Waals surface area contributed by atoms with Crippen LogP contribution in [0.25, 0.3) is 0 Å². The predicted octanol–water partition coefficient (Wildman–Crippen LogP) is 1.52. The Kier molecular flexibility index (Phi) is 6.05. The number of piperidine rings is 1. The van der Waals surface area contributed by atoms with Gasteiger partial charge in [-0.15, -0.1) is 12.4 Å². The maximum Gasteiger partial charge on any atom is 0.0674 e. The number of rotatable bonds is 2. The third kappa shape index (κ3) is 3.88. The second kappa shape index (κ2) is 6.80. The van der Waals surface area contributed by atoms with Crippen LogP contribution in [0.5, 0.6) is 0 Å². The van der Waals surface area contributed by atoms with E-state index in [1.165, 1.54) is 32.5 Å². The van der Waals surface area contributed by atoms with Crippen molar-refractivity contribution in [2.24, 2.45) is 5.92 Å². The molecule has 1 N–H and O–H groups in total. The largest absolute Gasteiger partial charge is 0.376 e. The van der Waals surface area contributed by atoms with Crippen LogP contribution in [0.15, 0.2) is 0 Å². The number of hydrogen-bond donors (Lipinski definition) is 1. The molecule has 2 fully saturated rings. The Morgan fingerprint density at radius 3 is 2.62 bits per heavy atom. The molecule has 2 aliphatic heterocycles. The van der Waals surface area contributed by atoms with Crippen LogP contribution in [-0.2, 0) is 4.74 Å². The Bertz CT molecular complexity index is 197. The van der Waals surface area contributed by atoms with Crippen molar-refractivity contribution in [3.05, 3.63) is 0 Å². The first-order valence-corrected chi connectivity index (χ1v) is 6.32. The average molecular weight is 249 g/mol. The number of hydrogen-bond acceptors (Lipinski definition) is 3. The highest BCUT2D eigenvalue weighted by molar-refractivity contribution is 5.85. The lowest BCUT2D eigenvalue weighted by Crippen LogP contribution is -2.49. The zero-order valence-electron chi connectivity index (χ0n) is 10.4. The minimum absolute atomic E-state index is 0. The zero-order valence-corrected chi connectivity index (χ0v) is 11.3. The van der Waals surface area contributed by atoms with Crippen molar-refractivity contribution in [1.29, 1.82) is 0 Å². The van der Waals surface area contributed by atoms with Crippen LogP contribution in [0.3, 0.4) is 0 Å². The van der Waals surface area contributed by atoms with Gasteiger partial charge >= 0.3 is 0 Å². The van der Waals surface area contributed by atoms with Gasteiger partial charge in [0.15, 0.2) is 0 Å². The summed E-state index contributed by atoms with van der Waals surface area (Å²) in [6.07, 6.45) is 3.11. The van der Waals surface area contributed by atoms with Crippen molar-refractivity contribution < 1.29 is 4.74 Å². The number of nitrogens with zero attached hydrogens (tertiary/aromatic N) is 1. The number of halogens is 1. The Morgan fingerprint density at radius 2 is 1.94 bits per heavy atom. The highest BCUT2D eigenvalue weighted by Gasteiger charge is 2.26. The van der Waals surface area contributed by atoms with E-state index >= 15 is 0 Å². The molecule has 3 nitrogen and oxygen atoms in total. The maximum atomic E-state index is 5.66. The molecule has 2 atom stereocenters. The summed E-state index contributed by atoms with van der Waals surface area (Å²) < 4.78 is 5.66. The lowest BCUT2D eigenvalue weighted by atomic mass is 9.96. The monoisotopic (exact) mass is 248 g/mol. The normalized spacial score (nSPS) is 33.4. The molecular formula is C12H25ClN2O. The standard InChI is InChI=1S/C12H24N2O.ClH/c1-10-9-15-11(2)7-14(10)8-12-3-5-13-6-4-12;/h10-13H,3-9H2,1-2H3;1H. The van der Waals surface area contributed by atoms with Gasteiger partial charge in [-0.05, 0) is 45.7 Å². The van der Waals surface area contributed by atoms with Crippen LogP contribution in [0.2, 0.25) is 0 Å². The van der Waals surface area contributed by atoms with Crippen LogP contribution in [0, 0.1) is 5.92 Å². The summed E-state index contributed by atoms with van der Waals surface area (Å²) in [7, 11) is 0. The number of morpholine rings is 1. The first-order chi connectivity index (χ1) is 7.25. The summed E-state index contributed by atoms with van der Waals surface area (Å²) in [6, 6.07) is 0.607. The molecule has 0 aromatic rings. The molecular weight excluding hydrogens is 224 g/mol. The Morgan fingerprint density at radius 1 is 1.25 bits per heavy atom. The van der Waals surface area contributed by atoms with Crippen molar-refractivity contribution in [2.45, 2.75) is 38.8 Å². The highest BCUT2D eigenvalue weighted by Crippen LogP contribution is 2.18. The first-order valence-electron chi connectivity index (χ1n) is 6.32. The van der Waals surface area contributed by atoms with Crippen molar-refractivity contribution >= 4 is 12.4 Å². The molecule has 0 aromatic carbocycles. The summed E-state index contributed by atoms with van der Waals surface area (Å²) >= 11 is 0. The van der Waals surface area contributed by atoms with E-state index in [1.807, 2.05) is 0 Å². The van der Waals surface area contributed by atoms with Crippen LogP contribution in [-0.4, -0.2) is 49.8 Å². The fourth-order valence-electron chi connectivity index (χ4n) is 2.62. The summed E-state index contributed by atoms with van der Waals surface area (Å²) in [5.74, 6) is 0.902. The summed E-state index contributed by atoms with van der Waals surface area (Å²) in [5, 5.41) is 3.43. The minimum Gasteiger partial charge on any atom is -0.376 e. The van der Waals surface area contributed by atoms with Gasteiger partial charge in [-0.25, -0.2) is 0 Å². The van der Waals surface area contributed by atoms with Crippen LogP contribution in [0.4, 0.5) is 0 Å². The third-order valence-corrected chi connectivity index (χ3v) is 3.69. The van der Waals surface area contributed by atoms with E-state index in [0.717, 1.165) is 19.1 Å². The first kappa shape index (κ1) is 14.2. The van der Waals surface area contributed by atoms with Gasteiger partial charge in [-0.1, -0.05) is 0 Å². The van der Waals surface area contributed by atoms with Gasteiger partial charge in [0, 0.05) is 19.1 Å². The average Bonchev–Trinajstić information content (AvgIpc) is 2.25. The van der Waals surface area contributed by atoms with E-state index in [-0.39, 0.29) is 12.4 Å². The van der Waals surface area contributed by atoms with Gasteiger partial charge in [0.2, 0.25) is 0 Å². The second-order valence-electron chi connectivity index (χ2n) is 5.14. The smallest absolute Gasteiger partial charge is 0.0674 e.